The minimum absolute atomic E-state index is 0.0723. The lowest BCUT2D eigenvalue weighted by atomic mass is 10.1. The second-order valence-corrected chi connectivity index (χ2v) is 4.86. The molecular formula is C15H12N4O4. The summed E-state index contributed by atoms with van der Waals surface area (Å²) in [5.41, 5.74) is 0.862. The fourth-order valence-corrected chi connectivity index (χ4v) is 2.19. The summed E-state index contributed by atoms with van der Waals surface area (Å²) in [6.45, 7) is 0. The third kappa shape index (κ3) is 2.69. The number of nitrogens with zero attached hydrogens (tertiary/aromatic N) is 3. The number of phenols is 1. The van der Waals surface area contributed by atoms with E-state index in [4.69, 9.17) is 5.11 Å². The number of rotatable bonds is 2. The van der Waals surface area contributed by atoms with E-state index < -0.39 is 11.7 Å². The van der Waals surface area contributed by atoms with Gasteiger partial charge in [0.25, 0.3) is 5.56 Å². The van der Waals surface area contributed by atoms with E-state index in [2.05, 4.69) is 9.97 Å². The van der Waals surface area contributed by atoms with Crippen LogP contribution in [-0.2, 0) is 7.05 Å². The van der Waals surface area contributed by atoms with Crippen LogP contribution in [0.15, 0.2) is 41.3 Å². The van der Waals surface area contributed by atoms with Crippen molar-refractivity contribution in [2.24, 2.45) is 7.05 Å². The fourth-order valence-electron chi connectivity index (χ4n) is 2.19. The minimum atomic E-state index is -1.30. The first kappa shape index (κ1) is 14.5. The largest absolute Gasteiger partial charge is 0.508 e. The Balaban J connectivity index is 2.11. The molecule has 0 unspecified atom stereocenters. The Hall–Kier alpha value is -3.42. The van der Waals surface area contributed by atoms with Gasteiger partial charge in [-0.3, -0.25) is 14.7 Å². The maximum absolute atomic E-state index is 12.4. The lowest BCUT2D eigenvalue weighted by Crippen LogP contribution is -2.25. The van der Waals surface area contributed by atoms with E-state index in [-0.39, 0.29) is 17.3 Å². The number of carboxylic acid groups (broad SMARTS) is 1. The fraction of sp³-hybridized carbons (Fsp3) is 0.0667. The molecular weight excluding hydrogens is 300 g/mol. The van der Waals surface area contributed by atoms with Gasteiger partial charge < -0.3 is 10.2 Å². The lowest BCUT2D eigenvalue weighted by Gasteiger charge is -2.09. The quantitative estimate of drug-likeness (QED) is 0.664. The Morgan fingerprint density at radius 1 is 1.26 bits per heavy atom. The van der Waals surface area contributed by atoms with Crippen LogP contribution in [0.1, 0.15) is 0 Å². The highest BCUT2D eigenvalue weighted by molar-refractivity contribution is 5.83. The summed E-state index contributed by atoms with van der Waals surface area (Å²) >= 11 is 0. The molecule has 3 rings (SSSR count). The van der Waals surface area contributed by atoms with Crippen molar-refractivity contribution in [3.63, 3.8) is 0 Å². The average Bonchev–Trinajstić information content (AvgIpc) is 2.51. The predicted molar refractivity (Wildman–Crippen MR) is 83.5 cm³/mol. The number of hydrogen-bond donors (Lipinski definition) is 3. The van der Waals surface area contributed by atoms with Gasteiger partial charge in [-0.15, -0.1) is 0 Å². The molecule has 0 fully saturated rings. The molecule has 3 aromatic rings. The molecule has 1 aromatic carbocycles. The van der Waals surface area contributed by atoms with Crippen molar-refractivity contribution in [2.75, 3.05) is 5.32 Å². The smallest absolute Gasteiger partial charge is 0.411 e. The van der Waals surface area contributed by atoms with E-state index in [9.17, 15) is 14.7 Å². The number of aromatic nitrogens is 3. The zero-order valence-electron chi connectivity index (χ0n) is 12.0. The standard InChI is InChI=1S/C15H12N4O4/c1-19-13(21)10(7-16-14(19)18-15(22)23)12-4-2-8-6-9(20)3-5-11(8)17-12/h2-7,20H,1H3,(H,16,18)(H,22,23). The zero-order valence-corrected chi connectivity index (χ0v) is 12.0. The van der Waals surface area contributed by atoms with Crippen molar-refractivity contribution >= 4 is 22.9 Å². The molecule has 0 aliphatic rings. The number of fused-ring (bicyclic) bond motifs is 1. The van der Waals surface area contributed by atoms with Gasteiger partial charge in [-0.05, 0) is 24.3 Å². The summed E-state index contributed by atoms with van der Waals surface area (Å²) in [7, 11) is 1.42. The lowest BCUT2D eigenvalue weighted by molar-refractivity contribution is 0.209. The van der Waals surface area contributed by atoms with Gasteiger partial charge >= 0.3 is 6.09 Å². The summed E-state index contributed by atoms with van der Waals surface area (Å²) in [6.07, 6.45) is -0.0220. The SMILES string of the molecule is Cn1c(NC(=O)O)ncc(-c2ccc3cc(O)ccc3n2)c1=O. The van der Waals surface area contributed by atoms with Gasteiger partial charge in [-0.1, -0.05) is 6.07 Å². The second-order valence-electron chi connectivity index (χ2n) is 4.86. The molecule has 0 radical (unpaired) electrons. The third-order valence-electron chi connectivity index (χ3n) is 3.34. The number of aromatic hydroxyl groups is 1. The molecule has 0 saturated heterocycles. The van der Waals surface area contributed by atoms with E-state index in [1.807, 2.05) is 5.32 Å². The van der Waals surface area contributed by atoms with Crippen molar-refractivity contribution < 1.29 is 15.0 Å². The van der Waals surface area contributed by atoms with Crippen LogP contribution in [0.2, 0.25) is 0 Å². The Morgan fingerprint density at radius 2 is 2.04 bits per heavy atom. The predicted octanol–water partition coefficient (Wildman–Crippen LogP) is 1.79. The number of benzene rings is 1. The topological polar surface area (TPSA) is 117 Å². The molecule has 2 aromatic heterocycles. The molecule has 0 bridgehead atoms. The molecule has 0 spiro atoms. The second kappa shape index (κ2) is 5.41. The molecule has 2 heterocycles. The monoisotopic (exact) mass is 312 g/mol. The molecule has 8 nitrogen and oxygen atoms in total. The van der Waals surface area contributed by atoms with E-state index >= 15 is 0 Å². The Kier molecular flexibility index (Phi) is 3.41. The molecule has 0 atom stereocenters. The molecule has 116 valence electrons. The van der Waals surface area contributed by atoms with Crippen LogP contribution in [0.4, 0.5) is 10.7 Å². The molecule has 0 aliphatic heterocycles. The average molecular weight is 312 g/mol. The first-order valence-electron chi connectivity index (χ1n) is 6.62. The molecule has 8 heteroatoms. The highest BCUT2D eigenvalue weighted by atomic mass is 16.4. The zero-order chi connectivity index (χ0) is 16.6. The van der Waals surface area contributed by atoms with Crippen molar-refractivity contribution in [1.29, 1.82) is 0 Å². The van der Waals surface area contributed by atoms with Crippen LogP contribution in [0, 0.1) is 0 Å². The van der Waals surface area contributed by atoms with Gasteiger partial charge in [-0.25, -0.2) is 14.8 Å². The van der Waals surface area contributed by atoms with E-state index in [1.165, 1.54) is 19.3 Å². The first-order valence-corrected chi connectivity index (χ1v) is 6.62. The molecule has 1 amide bonds. The summed E-state index contributed by atoms with van der Waals surface area (Å²) in [5, 5.41) is 21.0. The summed E-state index contributed by atoms with van der Waals surface area (Å²) in [6, 6.07) is 8.11. The molecule has 3 N–H and O–H groups in total. The Labute approximate surface area is 129 Å². The van der Waals surface area contributed by atoms with Gasteiger partial charge in [0.15, 0.2) is 0 Å². The van der Waals surface area contributed by atoms with Gasteiger partial charge in [-0.2, -0.15) is 0 Å². The van der Waals surface area contributed by atoms with Crippen LogP contribution in [-0.4, -0.2) is 30.8 Å². The van der Waals surface area contributed by atoms with Crippen LogP contribution in [0.25, 0.3) is 22.2 Å². The van der Waals surface area contributed by atoms with E-state index in [1.54, 1.807) is 24.3 Å². The van der Waals surface area contributed by atoms with Crippen molar-refractivity contribution in [3.05, 3.63) is 46.9 Å². The number of pyridine rings is 1. The van der Waals surface area contributed by atoms with Crippen LogP contribution >= 0.6 is 0 Å². The number of anilines is 1. The van der Waals surface area contributed by atoms with Gasteiger partial charge in [0.05, 0.1) is 16.8 Å². The van der Waals surface area contributed by atoms with Gasteiger partial charge in [0.2, 0.25) is 5.95 Å². The maximum Gasteiger partial charge on any atom is 0.411 e. The maximum atomic E-state index is 12.4. The molecule has 0 saturated carbocycles. The summed E-state index contributed by atoms with van der Waals surface area (Å²) in [4.78, 5) is 31.4. The van der Waals surface area contributed by atoms with Crippen molar-refractivity contribution in [3.8, 4) is 17.0 Å². The normalized spacial score (nSPS) is 10.7. The molecule has 23 heavy (non-hydrogen) atoms. The molecule has 0 aliphatic carbocycles. The van der Waals surface area contributed by atoms with Crippen molar-refractivity contribution in [1.82, 2.24) is 14.5 Å². The highest BCUT2D eigenvalue weighted by Gasteiger charge is 2.12. The van der Waals surface area contributed by atoms with E-state index in [0.29, 0.717) is 11.2 Å². The summed E-state index contributed by atoms with van der Waals surface area (Å²) in [5.74, 6) is 0.0608. The Bertz CT molecular complexity index is 981. The summed E-state index contributed by atoms with van der Waals surface area (Å²) < 4.78 is 1.10. The van der Waals surface area contributed by atoms with Crippen molar-refractivity contribution in [2.45, 2.75) is 0 Å². The van der Waals surface area contributed by atoms with E-state index in [0.717, 1.165) is 9.95 Å². The number of hydrogen-bond acceptors (Lipinski definition) is 5. The first-order chi connectivity index (χ1) is 11.0. The van der Waals surface area contributed by atoms with Gasteiger partial charge in [0.1, 0.15) is 5.75 Å². The van der Waals surface area contributed by atoms with Crippen LogP contribution in [0.5, 0.6) is 5.75 Å². The highest BCUT2D eigenvalue weighted by Crippen LogP contribution is 2.22. The number of nitrogens with one attached hydrogen (secondary N) is 1. The van der Waals surface area contributed by atoms with Crippen LogP contribution in [0.3, 0.4) is 0 Å². The van der Waals surface area contributed by atoms with Crippen LogP contribution < -0.4 is 10.9 Å². The number of phenolic OH excluding ortho intramolecular Hbond substituents is 1. The Morgan fingerprint density at radius 3 is 2.78 bits per heavy atom. The number of amides is 1. The van der Waals surface area contributed by atoms with Gasteiger partial charge in [0, 0.05) is 18.6 Å². The third-order valence-corrected chi connectivity index (χ3v) is 3.34. The minimum Gasteiger partial charge on any atom is -0.508 e. The number of carbonyl (C=O) groups is 1.